The van der Waals surface area contributed by atoms with Crippen molar-refractivity contribution in [3.05, 3.63) is 146 Å². The van der Waals surface area contributed by atoms with Gasteiger partial charge in [0, 0.05) is 37.2 Å². The topological polar surface area (TPSA) is 197 Å². The van der Waals surface area contributed by atoms with Crippen molar-refractivity contribution in [2.75, 3.05) is 0 Å². The van der Waals surface area contributed by atoms with Crippen LogP contribution in [0.15, 0.2) is 146 Å². The van der Waals surface area contributed by atoms with E-state index in [4.69, 9.17) is 0 Å². The Morgan fingerprint density at radius 2 is 0.714 bits per heavy atom. The molecule has 6 aromatic heterocycles. The van der Waals surface area contributed by atoms with Gasteiger partial charge in [-0.3, -0.25) is 30.1 Å². The van der Waals surface area contributed by atoms with Crippen molar-refractivity contribution in [1.82, 2.24) is 50.3 Å². The maximum atomic E-state index is 4.46. The molecule has 0 aliphatic rings. The summed E-state index contributed by atoms with van der Waals surface area (Å²) in [6.45, 7) is 0. The summed E-state index contributed by atoms with van der Waals surface area (Å²) >= 11 is 0. The third-order valence-electron chi connectivity index (χ3n) is 7.00. The van der Waals surface area contributed by atoms with E-state index in [9.17, 15) is 0 Å². The fourth-order valence-corrected chi connectivity index (χ4v) is 4.64. The summed E-state index contributed by atoms with van der Waals surface area (Å²) in [5.74, 6) is 2.29. The second kappa shape index (κ2) is 17.1. The molecule has 1 radical (unpaired) electrons. The maximum Gasteiger partial charge on any atom is 2.00 e. The molecule has 0 spiro atoms. The zero-order valence-electron chi connectivity index (χ0n) is 25.8. The monoisotopic (exact) mass is 693 g/mol. The van der Waals surface area contributed by atoms with Gasteiger partial charge >= 0.3 is 16.8 Å². The van der Waals surface area contributed by atoms with Gasteiger partial charge in [-0.15, -0.1) is 0 Å². The van der Waals surface area contributed by atoms with Gasteiger partial charge in [-0.1, -0.05) is 60.7 Å². The summed E-state index contributed by atoms with van der Waals surface area (Å²) in [6.07, 6.45) is 10.6. The van der Waals surface area contributed by atoms with E-state index in [1.807, 2.05) is 109 Å². The smallest absolute Gasteiger partial charge is 0.457 e. The number of benzene rings is 2. The van der Waals surface area contributed by atoms with Crippen LogP contribution in [0.2, 0.25) is 0 Å². The van der Waals surface area contributed by atoms with Crippen LogP contribution in [-0.2, 0) is 27.7 Å². The number of pyridine rings is 4. The Morgan fingerprint density at radius 1 is 0.367 bits per heavy atom. The zero-order valence-corrected chi connectivity index (χ0v) is 26.9. The van der Waals surface area contributed by atoms with Crippen LogP contribution >= 0.6 is 0 Å². The van der Waals surface area contributed by atoms with E-state index in [1.165, 1.54) is 0 Å². The molecule has 0 aliphatic heterocycles. The number of hydrogen-bond donors (Lipinski definition) is 0. The predicted octanol–water partition coefficient (Wildman–Crippen LogP) is 4.60. The van der Waals surface area contributed by atoms with Crippen molar-refractivity contribution in [3.63, 3.8) is 0 Å². The number of aromatic nitrogens is 10. The Kier molecular flexibility index (Phi) is 12.4. The Balaban J connectivity index is 0.000000208. The van der Waals surface area contributed by atoms with Gasteiger partial charge in [-0.05, 0) is 93.6 Å². The number of nitrogens with zero attached hydrogens (tertiary/aromatic N) is 10. The minimum Gasteiger partial charge on any atom is -0.457 e. The molecule has 6 heterocycles. The molecular formula is C36H30CoN10O2+2. The van der Waals surface area contributed by atoms with Gasteiger partial charge in [0.1, 0.15) is 0 Å². The third-order valence-corrected chi connectivity index (χ3v) is 7.00. The van der Waals surface area contributed by atoms with E-state index in [0.29, 0.717) is 23.3 Å². The first kappa shape index (κ1) is 35.6. The van der Waals surface area contributed by atoms with E-state index in [-0.39, 0.29) is 27.7 Å². The molecule has 0 unspecified atom stereocenters. The van der Waals surface area contributed by atoms with Crippen molar-refractivity contribution in [3.8, 4) is 68.1 Å². The number of hydrogen-bond acceptors (Lipinski definition) is 8. The fraction of sp³-hybridized carbons (Fsp3) is 0. The summed E-state index contributed by atoms with van der Waals surface area (Å²) in [7, 11) is 0. The van der Waals surface area contributed by atoms with E-state index in [2.05, 4.69) is 50.3 Å². The molecule has 2 aromatic carbocycles. The molecule has 0 saturated heterocycles. The molecule has 243 valence electrons. The van der Waals surface area contributed by atoms with Crippen LogP contribution in [0, 0.1) is 0 Å². The van der Waals surface area contributed by atoms with Gasteiger partial charge in [-0.25, -0.2) is 0 Å². The standard InChI is InChI=1S/2C18H12N5.Co.2H2O/c2*1-2-10-20-16(3-1)18-21-17(22-23-18)15-6-4-13(5-7-15)14-8-11-19-12-9-14;;;/h2*1-12H;;2*1H2/q2*-1;+2;;/p+2. The second-order valence-electron chi connectivity index (χ2n) is 9.97. The van der Waals surface area contributed by atoms with Crippen LogP contribution in [0.4, 0.5) is 0 Å². The minimum absolute atomic E-state index is 0. The van der Waals surface area contributed by atoms with Gasteiger partial charge in [0.15, 0.2) is 0 Å². The fourth-order valence-electron chi connectivity index (χ4n) is 4.64. The third kappa shape index (κ3) is 8.57. The maximum absolute atomic E-state index is 4.46. The molecule has 0 amide bonds. The summed E-state index contributed by atoms with van der Waals surface area (Å²) in [6, 6.07) is 35.3. The van der Waals surface area contributed by atoms with Gasteiger partial charge in [0.05, 0.1) is 23.0 Å². The molecule has 12 nitrogen and oxygen atoms in total. The molecule has 0 bridgehead atoms. The Morgan fingerprint density at radius 3 is 1.06 bits per heavy atom. The second-order valence-corrected chi connectivity index (χ2v) is 9.97. The Bertz CT molecular complexity index is 1970. The van der Waals surface area contributed by atoms with Gasteiger partial charge in [0.2, 0.25) is 0 Å². The quantitative estimate of drug-likeness (QED) is 0.222. The van der Waals surface area contributed by atoms with E-state index in [0.717, 1.165) is 44.8 Å². The van der Waals surface area contributed by atoms with Crippen LogP contribution in [0.1, 0.15) is 0 Å². The first-order valence-electron chi connectivity index (χ1n) is 14.4. The van der Waals surface area contributed by atoms with Gasteiger partial charge in [0.25, 0.3) is 0 Å². The zero-order chi connectivity index (χ0) is 31.0. The minimum atomic E-state index is 0. The van der Waals surface area contributed by atoms with Gasteiger partial charge < -0.3 is 31.1 Å². The Labute approximate surface area is 291 Å². The first-order valence-corrected chi connectivity index (χ1v) is 14.4. The molecule has 0 aliphatic carbocycles. The molecular weight excluding hydrogens is 663 g/mol. The van der Waals surface area contributed by atoms with E-state index >= 15 is 0 Å². The summed E-state index contributed by atoms with van der Waals surface area (Å²) < 4.78 is 0. The van der Waals surface area contributed by atoms with Gasteiger partial charge in [-0.2, -0.15) is 0 Å². The van der Waals surface area contributed by atoms with Crippen molar-refractivity contribution in [2.45, 2.75) is 0 Å². The van der Waals surface area contributed by atoms with Crippen molar-refractivity contribution in [2.24, 2.45) is 0 Å². The van der Waals surface area contributed by atoms with Crippen LogP contribution in [0.3, 0.4) is 0 Å². The molecule has 8 aromatic rings. The molecule has 0 fully saturated rings. The molecule has 49 heavy (non-hydrogen) atoms. The normalized spacial score (nSPS) is 9.96. The van der Waals surface area contributed by atoms with Crippen molar-refractivity contribution >= 4 is 0 Å². The van der Waals surface area contributed by atoms with Crippen LogP contribution < -0.4 is 10.2 Å². The summed E-state index contributed by atoms with van der Waals surface area (Å²) in [5.41, 5.74) is 7.81. The molecule has 0 saturated carbocycles. The molecule has 6 N–H and O–H groups in total. The average Bonchev–Trinajstić information content (AvgIpc) is 3.85. The predicted molar refractivity (Wildman–Crippen MR) is 184 cm³/mol. The summed E-state index contributed by atoms with van der Waals surface area (Å²) in [5, 5.41) is 16.5. The molecule has 13 heteroatoms. The Hall–Kier alpha value is -6.25. The van der Waals surface area contributed by atoms with Crippen LogP contribution in [0.25, 0.3) is 68.1 Å². The van der Waals surface area contributed by atoms with Crippen molar-refractivity contribution in [1.29, 1.82) is 0 Å². The SMILES string of the molecule is [Co+2].[OH3+].[OH3+].c1ccc(-c2nc(-c3ccc(-c4ccncc4)cc3)n[n-]2)nc1.c1ccc(-c2nc(-c3ccc(-c4ccncc4)cc3)n[n-]2)nc1. The van der Waals surface area contributed by atoms with Crippen LogP contribution in [-0.4, -0.2) is 40.1 Å². The largest absolute Gasteiger partial charge is 2.00 e. The first-order chi connectivity index (χ1) is 22.8. The van der Waals surface area contributed by atoms with E-state index < -0.39 is 0 Å². The van der Waals surface area contributed by atoms with Crippen LogP contribution in [0.5, 0.6) is 0 Å². The summed E-state index contributed by atoms with van der Waals surface area (Å²) in [4.78, 5) is 25.5. The number of rotatable bonds is 6. The van der Waals surface area contributed by atoms with E-state index in [1.54, 1.807) is 37.2 Å². The average molecular weight is 694 g/mol. The van der Waals surface area contributed by atoms with Crippen molar-refractivity contribution < 1.29 is 27.7 Å². The molecule has 0 atom stereocenters. The molecule has 8 rings (SSSR count).